The summed E-state index contributed by atoms with van der Waals surface area (Å²) in [6, 6.07) is 10.3. The van der Waals surface area contributed by atoms with Crippen molar-refractivity contribution in [2.45, 2.75) is 5.75 Å². The molecule has 1 fully saturated rings. The summed E-state index contributed by atoms with van der Waals surface area (Å²) >= 11 is 0. The fourth-order valence-corrected chi connectivity index (χ4v) is 3.74. The zero-order valence-electron chi connectivity index (χ0n) is 15.6. The first kappa shape index (κ1) is 19.3. The first-order valence-electron chi connectivity index (χ1n) is 8.78. The first-order chi connectivity index (χ1) is 12.8. The minimum absolute atomic E-state index is 0.0351. The number of aromatic nitrogens is 1. The number of piperazine rings is 1. The minimum atomic E-state index is -3.09. The second-order valence-electron chi connectivity index (χ2n) is 6.92. The summed E-state index contributed by atoms with van der Waals surface area (Å²) in [7, 11) is -0.983. The van der Waals surface area contributed by atoms with Gasteiger partial charge in [0.05, 0.1) is 17.6 Å². The van der Waals surface area contributed by atoms with Crippen LogP contribution >= 0.6 is 0 Å². The Hall–Kier alpha value is -2.45. The number of pyridine rings is 1. The van der Waals surface area contributed by atoms with E-state index in [1.807, 2.05) is 12.1 Å². The molecule has 144 valence electrons. The summed E-state index contributed by atoms with van der Waals surface area (Å²) in [4.78, 5) is 21.3. The molecule has 0 spiro atoms. The number of benzene rings is 1. The summed E-state index contributed by atoms with van der Waals surface area (Å²) in [5.74, 6) is 0.619. The molecule has 1 saturated heterocycles. The van der Waals surface area contributed by atoms with Crippen molar-refractivity contribution < 1.29 is 13.2 Å². The van der Waals surface area contributed by atoms with Gasteiger partial charge in [0.1, 0.15) is 5.82 Å². The third-order valence-corrected chi connectivity index (χ3v) is 5.34. The highest BCUT2D eigenvalue weighted by molar-refractivity contribution is 7.89. The molecule has 0 aliphatic carbocycles. The van der Waals surface area contributed by atoms with Crippen molar-refractivity contribution in [1.82, 2.24) is 9.88 Å². The summed E-state index contributed by atoms with van der Waals surface area (Å²) in [6.45, 7) is 3.90. The van der Waals surface area contributed by atoms with Crippen LogP contribution in [-0.2, 0) is 15.6 Å². The number of carbonyl (C=O) groups is 1. The van der Waals surface area contributed by atoms with E-state index < -0.39 is 9.84 Å². The number of nitrogens with one attached hydrogen (secondary N) is 1. The van der Waals surface area contributed by atoms with Gasteiger partial charge in [0, 0.05) is 38.0 Å². The lowest BCUT2D eigenvalue weighted by Gasteiger charge is -2.33. The molecule has 1 aromatic carbocycles. The number of hydrogen-bond acceptors (Lipinski definition) is 6. The van der Waals surface area contributed by atoms with Gasteiger partial charge in [-0.3, -0.25) is 4.79 Å². The highest BCUT2D eigenvalue weighted by Crippen LogP contribution is 2.17. The van der Waals surface area contributed by atoms with Crippen molar-refractivity contribution in [3.63, 3.8) is 0 Å². The molecular weight excluding hydrogens is 364 g/mol. The van der Waals surface area contributed by atoms with Crippen molar-refractivity contribution in [3.8, 4) is 0 Å². The van der Waals surface area contributed by atoms with Crippen LogP contribution in [0.3, 0.4) is 0 Å². The van der Waals surface area contributed by atoms with Crippen molar-refractivity contribution in [2.75, 3.05) is 49.7 Å². The predicted molar refractivity (Wildman–Crippen MR) is 107 cm³/mol. The van der Waals surface area contributed by atoms with E-state index >= 15 is 0 Å². The van der Waals surface area contributed by atoms with E-state index in [-0.39, 0.29) is 11.7 Å². The number of nitrogens with zero attached hydrogens (tertiary/aromatic N) is 3. The summed E-state index contributed by atoms with van der Waals surface area (Å²) in [6.07, 6.45) is 2.84. The molecule has 1 amide bonds. The van der Waals surface area contributed by atoms with Crippen LogP contribution in [-0.4, -0.2) is 63.7 Å². The molecule has 1 N–H and O–H groups in total. The first-order valence-corrected chi connectivity index (χ1v) is 10.8. The van der Waals surface area contributed by atoms with E-state index in [0.29, 0.717) is 16.8 Å². The van der Waals surface area contributed by atoms with E-state index in [1.165, 1.54) is 6.26 Å². The van der Waals surface area contributed by atoms with Crippen LogP contribution in [0, 0.1) is 0 Å². The average Bonchev–Trinajstić information content (AvgIpc) is 2.62. The monoisotopic (exact) mass is 388 g/mol. The Morgan fingerprint density at radius 1 is 1.07 bits per heavy atom. The van der Waals surface area contributed by atoms with Gasteiger partial charge in [0.25, 0.3) is 5.91 Å². The Labute approximate surface area is 159 Å². The highest BCUT2D eigenvalue weighted by atomic mass is 32.2. The van der Waals surface area contributed by atoms with Gasteiger partial charge in [-0.2, -0.15) is 0 Å². The largest absolute Gasteiger partial charge is 0.354 e. The smallest absolute Gasteiger partial charge is 0.255 e. The van der Waals surface area contributed by atoms with Crippen molar-refractivity contribution in [2.24, 2.45) is 0 Å². The van der Waals surface area contributed by atoms with Gasteiger partial charge < -0.3 is 15.1 Å². The minimum Gasteiger partial charge on any atom is -0.354 e. The van der Waals surface area contributed by atoms with Gasteiger partial charge in [0.15, 0.2) is 9.84 Å². The van der Waals surface area contributed by atoms with Gasteiger partial charge >= 0.3 is 0 Å². The molecule has 0 saturated carbocycles. The number of carbonyl (C=O) groups excluding carboxylic acids is 1. The van der Waals surface area contributed by atoms with Gasteiger partial charge in [-0.05, 0) is 36.9 Å². The van der Waals surface area contributed by atoms with E-state index in [2.05, 4.69) is 27.1 Å². The Balaban J connectivity index is 1.60. The second kappa shape index (κ2) is 8.06. The molecule has 7 nitrogen and oxygen atoms in total. The SMILES string of the molecule is CN1CCN(c2ccc(NC(=O)c3ccc(CS(C)(=O)=O)cc3)cn2)CC1. The van der Waals surface area contributed by atoms with Crippen LogP contribution in [0.2, 0.25) is 0 Å². The number of anilines is 2. The van der Waals surface area contributed by atoms with Crippen LogP contribution in [0.1, 0.15) is 15.9 Å². The quantitative estimate of drug-likeness (QED) is 0.838. The number of rotatable bonds is 5. The zero-order chi connectivity index (χ0) is 19.4. The van der Waals surface area contributed by atoms with Crippen molar-refractivity contribution in [1.29, 1.82) is 0 Å². The fraction of sp³-hybridized carbons (Fsp3) is 0.368. The van der Waals surface area contributed by atoms with E-state index in [1.54, 1.807) is 30.5 Å². The maximum atomic E-state index is 12.4. The Bertz CT molecular complexity index is 888. The molecule has 3 rings (SSSR count). The van der Waals surface area contributed by atoms with Crippen LogP contribution in [0.15, 0.2) is 42.6 Å². The van der Waals surface area contributed by atoms with Crippen LogP contribution in [0.25, 0.3) is 0 Å². The summed E-state index contributed by atoms with van der Waals surface area (Å²) in [5, 5.41) is 2.82. The number of sulfone groups is 1. The molecular formula is C19H24N4O3S. The molecule has 0 radical (unpaired) electrons. The lowest BCUT2D eigenvalue weighted by molar-refractivity contribution is 0.102. The topological polar surface area (TPSA) is 82.6 Å². The zero-order valence-corrected chi connectivity index (χ0v) is 16.4. The van der Waals surface area contributed by atoms with Crippen molar-refractivity contribution in [3.05, 3.63) is 53.7 Å². The predicted octanol–water partition coefficient (Wildman–Crippen LogP) is 1.63. The molecule has 1 aromatic heterocycles. The highest BCUT2D eigenvalue weighted by Gasteiger charge is 2.15. The number of amides is 1. The Kier molecular flexibility index (Phi) is 5.76. The molecule has 27 heavy (non-hydrogen) atoms. The number of hydrogen-bond donors (Lipinski definition) is 1. The molecule has 8 heteroatoms. The van der Waals surface area contributed by atoms with Crippen molar-refractivity contribution >= 4 is 27.2 Å². The normalized spacial score (nSPS) is 15.6. The van der Waals surface area contributed by atoms with E-state index in [9.17, 15) is 13.2 Å². The molecule has 0 unspecified atom stereocenters. The van der Waals surface area contributed by atoms with Crippen LogP contribution in [0.5, 0.6) is 0 Å². The third kappa shape index (κ3) is 5.51. The van der Waals surface area contributed by atoms with Crippen LogP contribution < -0.4 is 10.2 Å². The van der Waals surface area contributed by atoms with Crippen LogP contribution in [0.4, 0.5) is 11.5 Å². The van der Waals surface area contributed by atoms with E-state index in [0.717, 1.165) is 32.0 Å². The average molecular weight is 388 g/mol. The summed E-state index contributed by atoms with van der Waals surface area (Å²) in [5.41, 5.74) is 1.75. The Morgan fingerprint density at radius 2 is 1.74 bits per heavy atom. The number of likely N-dealkylation sites (N-methyl/N-ethyl adjacent to an activating group) is 1. The molecule has 1 aliphatic rings. The van der Waals surface area contributed by atoms with Gasteiger partial charge in [-0.1, -0.05) is 12.1 Å². The second-order valence-corrected chi connectivity index (χ2v) is 9.06. The standard InChI is InChI=1S/C19H24N4O3S/c1-22-9-11-23(12-10-22)18-8-7-17(13-20-18)21-19(24)16-5-3-15(4-6-16)14-27(2,25)26/h3-8,13H,9-12,14H2,1-2H3,(H,21,24). The molecule has 1 aliphatic heterocycles. The lowest BCUT2D eigenvalue weighted by atomic mass is 10.1. The lowest BCUT2D eigenvalue weighted by Crippen LogP contribution is -2.44. The maximum Gasteiger partial charge on any atom is 0.255 e. The van der Waals surface area contributed by atoms with Gasteiger partial charge in [-0.25, -0.2) is 13.4 Å². The third-order valence-electron chi connectivity index (χ3n) is 4.48. The molecule has 0 atom stereocenters. The maximum absolute atomic E-state index is 12.4. The fourth-order valence-electron chi connectivity index (χ4n) is 2.94. The Morgan fingerprint density at radius 3 is 2.30 bits per heavy atom. The molecule has 0 bridgehead atoms. The van der Waals surface area contributed by atoms with E-state index in [4.69, 9.17) is 0 Å². The van der Waals surface area contributed by atoms with Gasteiger partial charge in [0.2, 0.25) is 0 Å². The van der Waals surface area contributed by atoms with Gasteiger partial charge in [-0.15, -0.1) is 0 Å². The molecule has 2 heterocycles. The molecule has 2 aromatic rings. The summed E-state index contributed by atoms with van der Waals surface area (Å²) < 4.78 is 22.7.